The zero-order valence-corrected chi connectivity index (χ0v) is 13.6. The minimum Gasteiger partial charge on any atom is -0.508 e. The first-order chi connectivity index (χ1) is 11.6. The molecule has 0 saturated heterocycles. The standard InChI is InChI=1S/C19H20N2O3/c1-2-21-16-9-8-15(11-13(16)7-10-19(21)24)20-18(23)12-14-5-3-4-6-17(14)22/h3-6,8-9,11,22H,2,7,10,12H2,1H3,(H,20,23). The third-order valence-electron chi connectivity index (χ3n) is 4.22. The average molecular weight is 324 g/mol. The van der Waals surface area contributed by atoms with Crippen molar-refractivity contribution < 1.29 is 14.7 Å². The summed E-state index contributed by atoms with van der Waals surface area (Å²) >= 11 is 0. The number of carbonyl (C=O) groups is 2. The highest BCUT2D eigenvalue weighted by atomic mass is 16.3. The average Bonchev–Trinajstić information content (AvgIpc) is 2.57. The molecule has 2 aromatic carbocycles. The normalized spacial score (nSPS) is 13.5. The number of benzene rings is 2. The fourth-order valence-electron chi connectivity index (χ4n) is 3.02. The summed E-state index contributed by atoms with van der Waals surface area (Å²) in [6.45, 7) is 2.60. The number of aryl methyl sites for hydroxylation is 1. The van der Waals surface area contributed by atoms with Crippen molar-refractivity contribution in [2.75, 3.05) is 16.8 Å². The van der Waals surface area contributed by atoms with Gasteiger partial charge < -0.3 is 15.3 Å². The quantitative estimate of drug-likeness (QED) is 0.908. The van der Waals surface area contributed by atoms with Crippen LogP contribution in [0.3, 0.4) is 0 Å². The van der Waals surface area contributed by atoms with Gasteiger partial charge in [-0.05, 0) is 43.2 Å². The minimum atomic E-state index is -0.185. The zero-order chi connectivity index (χ0) is 17.1. The Kier molecular flexibility index (Phi) is 4.51. The molecular weight excluding hydrogens is 304 g/mol. The highest BCUT2D eigenvalue weighted by Gasteiger charge is 2.23. The summed E-state index contributed by atoms with van der Waals surface area (Å²) in [5, 5.41) is 12.6. The topological polar surface area (TPSA) is 69.6 Å². The van der Waals surface area contributed by atoms with E-state index in [-0.39, 0.29) is 24.0 Å². The van der Waals surface area contributed by atoms with Gasteiger partial charge in [0.25, 0.3) is 0 Å². The second-order valence-corrected chi connectivity index (χ2v) is 5.84. The molecule has 0 saturated carbocycles. The van der Waals surface area contributed by atoms with Crippen LogP contribution < -0.4 is 10.2 Å². The fraction of sp³-hybridized carbons (Fsp3) is 0.263. The van der Waals surface area contributed by atoms with Gasteiger partial charge in [0.2, 0.25) is 11.8 Å². The second kappa shape index (κ2) is 6.74. The number of nitrogens with one attached hydrogen (secondary N) is 1. The summed E-state index contributed by atoms with van der Waals surface area (Å²) in [6, 6.07) is 12.4. The number of anilines is 2. The molecule has 2 amide bonds. The summed E-state index contributed by atoms with van der Waals surface area (Å²) in [5.41, 5.74) is 3.29. The summed E-state index contributed by atoms with van der Waals surface area (Å²) in [4.78, 5) is 25.9. The van der Waals surface area contributed by atoms with Crippen LogP contribution in [0.5, 0.6) is 5.75 Å². The third kappa shape index (κ3) is 3.25. The largest absolute Gasteiger partial charge is 0.508 e. The van der Waals surface area contributed by atoms with Crippen molar-refractivity contribution in [2.45, 2.75) is 26.2 Å². The maximum atomic E-state index is 12.2. The summed E-state index contributed by atoms with van der Waals surface area (Å²) in [6.07, 6.45) is 1.30. The van der Waals surface area contributed by atoms with E-state index >= 15 is 0 Å². The third-order valence-corrected chi connectivity index (χ3v) is 4.22. The first-order valence-electron chi connectivity index (χ1n) is 8.08. The molecule has 0 atom stereocenters. The van der Waals surface area contributed by atoms with Gasteiger partial charge in [0.1, 0.15) is 5.75 Å². The SMILES string of the molecule is CCN1C(=O)CCc2cc(NC(=O)Cc3ccccc3O)ccc21. The Balaban J connectivity index is 1.73. The maximum absolute atomic E-state index is 12.2. The maximum Gasteiger partial charge on any atom is 0.228 e. The number of phenols is 1. The van der Waals surface area contributed by atoms with E-state index in [0.717, 1.165) is 11.3 Å². The lowest BCUT2D eigenvalue weighted by atomic mass is 10.0. The Morgan fingerprint density at radius 1 is 1.21 bits per heavy atom. The van der Waals surface area contributed by atoms with Crippen molar-refractivity contribution in [1.82, 2.24) is 0 Å². The molecule has 1 aliphatic rings. The van der Waals surface area contributed by atoms with Gasteiger partial charge >= 0.3 is 0 Å². The number of hydrogen-bond acceptors (Lipinski definition) is 3. The van der Waals surface area contributed by atoms with Crippen molar-refractivity contribution in [2.24, 2.45) is 0 Å². The van der Waals surface area contributed by atoms with Gasteiger partial charge in [-0.25, -0.2) is 0 Å². The number of para-hydroxylation sites is 1. The van der Waals surface area contributed by atoms with Gasteiger partial charge in [-0.1, -0.05) is 18.2 Å². The molecule has 0 aromatic heterocycles. The van der Waals surface area contributed by atoms with Gasteiger partial charge in [-0.15, -0.1) is 0 Å². The molecular formula is C19H20N2O3. The Morgan fingerprint density at radius 3 is 2.75 bits per heavy atom. The van der Waals surface area contributed by atoms with E-state index in [1.807, 2.05) is 25.1 Å². The summed E-state index contributed by atoms with van der Waals surface area (Å²) < 4.78 is 0. The number of nitrogens with zero attached hydrogens (tertiary/aromatic N) is 1. The Bertz CT molecular complexity index is 786. The van der Waals surface area contributed by atoms with E-state index < -0.39 is 0 Å². The molecule has 0 fully saturated rings. The van der Waals surface area contributed by atoms with E-state index in [2.05, 4.69) is 5.32 Å². The number of amides is 2. The van der Waals surface area contributed by atoms with E-state index in [9.17, 15) is 14.7 Å². The van der Waals surface area contributed by atoms with Gasteiger partial charge in [0.15, 0.2) is 0 Å². The molecule has 24 heavy (non-hydrogen) atoms. The zero-order valence-electron chi connectivity index (χ0n) is 13.6. The van der Waals surface area contributed by atoms with Crippen LogP contribution in [0.25, 0.3) is 0 Å². The molecule has 0 unspecified atom stereocenters. The monoisotopic (exact) mass is 324 g/mol. The molecule has 0 bridgehead atoms. The van der Waals surface area contributed by atoms with Crippen LogP contribution in [0.1, 0.15) is 24.5 Å². The molecule has 5 nitrogen and oxygen atoms in total. The Labute approximate surface area is 140 Å². The molecule has 0 radical (unpaired) electrons. The highest BCUT2D eigenvalue weighted by molar-refractivity contribution is 5.98. The number of carbonyl (C=O) groups excluding carboxylic acids is 2. The van der Waals surface area contributed by atoms with E-state index in [1.54, 1.807) is 29.2 Å². The first kappa shape index (κ1) is 16.1. The van der Waals surface area contributed by atoms with Crippen molar-refractivity contribution >= 4 is 23.2 Å². The lowest BCUT2D eigenvalue weighted by molar-refractivity contribution is -0.119. The van der Waals surface area contributed by atoms with Gasteiger partial charge in [-0.2, -0.15) is 0 Å². The molecule has 0 spiro atoms. The molecule has 1 aliphatic heterocycles. The minimum absolute atomic E-state index is 0.114. The molecule has 0 aliphatic carbocycles. The number of aromatic hydroxyl groups is 1. The van der Waals surface area contributed by atoms with Crippen LogP contribution >= 0.6 is 0 Å². The number of phenolic OH excluding ortho intramolecular Hbond substituents is 1. The van der Waals surface area contributed by atoms with Crippen molar-refractivity contribution in [3.63, 3.8) is 0 Å². The molecule has 124 valence electrons. The Hall–Kier alpha value is -2.82. The number of hydrogen-bond donors (Lipinski definition) is 2. The van der Waals surface area contributed by atoms with Crippen molar-refractivity contribution in [3.8, 4) is 5.75 Å². The summed E-state index contributed by atoms with van der Waals surface area (Å²) in [7, 11) is 0. The molecule has 2 N–H and O–H groups in total. The van der Waals surface area contributed by atoms with E-state index in [4.69, 9.17) is 0 Å². The van der Waals surface area contributed by atoms with Crippen LogP contribution in [0.15, 0.2) is 42.5 Å². The lowest BCUT2D eigenvalue weighted by Gasteiger charge is -2.28. The van der Waals surface area contributed by atoms with Crippen LogP contribution in [0, 0.1) is 0 Å². The molecule has 5 heteroatoms. The fourth-order valence-corrected chi connectivity index (χ4v) is 3.02. The van der Waals surface area contributed by atoms with Crippen LogP contribution in [-0.4, -0.2) is 23.5 Å². The predicted molar refractivity (Wildman–Crippen MR) is 93.2 cm³/mol. The lowest BCUT2D eigenvalue weighted by Crippen LogP contribution is -2.34. The van der Waals surface area contributed by atoms with Crippen LogP contribution in [0.2, 0.25) is 0 Å². The number of fused-ring (bicyclic) bond motifs is 1. The van der Waals surface area contributed by atoms with Gasteiger partial charge in [-0.3, -0.25) is 9.59 Å². The van der Waals surface area contributed by atoms with Crippen molar-refractivity contribution in [3.05, 3.63) is 53.6 Å². The van der Waals surface area contributed by atoms with Crippen molar-refractivity contribution in [1.29, 1.82) is 0 Å². The van der Waals surface area contributed by atoms with E-state index in [0.29, 0.717) is 30.6 Å². The predicted octanol–water partition coefficient (Wildman–Crippen LogP) is 2.87. The second-order valence-electron chi connectivity index (χ2n) is 5.84. The highest BCUT2D eigenvalue weighted by Crippen LogP contribution is 2.30. The van der Waals surface area contributed by atoms with Gasteiger partial charge in [0, 0.05) is 29.9 Å². The smallest absolute Gasteiger partial charge is 0.228 e. The van der Waals surface area contributed by atoms with Gasteiger partial charge in [0.05, 0.1) is 6.42 Å². The van der Waals surface area contributed by atoms with Crippen LogP contribution in [0.4, 0.5) is 11.4 Å². The molecule has 3 rings (SSSR count). The molecule has 2 aromatic rings. The molecule has 1 heterocycles. The van der Waals surface area contributed by atoms with Crippen LogP contribution in [-0.2, 0) is 22.4 Å². The first-order valence-corrected chi connectivity index (χ1v) is 8.08. The van der Waals surface area contributed by atoms with E-state index in [1.165, 1.54) is 0 Å². The Morgan fingerprint density at radius 2 is 2.00 bits per heavy atom. The number of rotatable bonds is 4. The summed E-state index contributed by atoms with van der Waals surface area (Å²) in [5.74, 6) is 0.0761.